The van der Waals surface area contributed by atoms with Crippen LogP contribution in [0.5, 0.6) is 5.75 Å². The summed E-state index contributed by atoms with van der Waals surface area (Å²) >= 11 is 0. The van der Waals surface area contributed by atoms with Crippen LogP contribution in [0.3, 0.4) is 0 Å². The van der Waals surface area contributed by atoms with Crippen LogP contribution in [0.25, 0.3) is 5.57 Å². The highest BCUT2D eigenvalue weighted by atomic mass is 16.5. The number of carbonyl (C=O) groups is 2. The first-order valence-electron chi connectivity index (χ1n) is 11.4. The first kappa shape index (κ1) is 21.7. The average molecular weight is 455 g/mol. The Balaban J connectivity index is 1.47. The summed E-state index contributed by atoms with van der Waals surface area (Å²) in [6.07, 6.45) is 5.72. The van der Waals surface area contributed by atoms with E-state index in [0.717, 1.165) is 24.3 Å². The number of carbonyl (C=O) groups excluding carboxylic acids is 2. The van der Waals surface area contributed by atoms with Gasteiger partial charge in [-0.15, -0.1) is 0 Å². The molecular formula is C27H26N4O3. The van der Waals surface area contributed by atoms with Crippen LogP contribution in [0.15, 0.2) is 78.8 Å². The number of hydrogen-bond donors (Lipinski definition) is 1. The lowest BCUT2D eigenvalue weighted by Crippen LogP contribution is -2.32. The van der Waals surface area contributed by atoms with E-state index in [4.69, 9.17) is 4.74 Å². The molecule has 2 amide bonds. The van der Waals surface area contributed by atoms with Crippen molar-refractivity contribution < 1.29 is 14.3 Å². The van der Waals surface area contributed by atoms with Crippen molar-refractivity contribution in [3.05, 3.63) is 89.9 Å². The molecule has 7 heteroatoms. The standard InChI is InChI=1S/C27H26N4O3/c1-34-23-10-4-20(5-11-23)24-25(27(33)31(26(24)32)18-19-12-14-28-15-13-19)29-21-6-8-22(9-7-21)30-16-2-3-17-30/h4-15,29H,2-3,16-18H2,1H3. The van der Waals surface area contributed by atoms with Gasteiger partial charge in [-0.1, -0.05) is 12.1 Å². The minimum absolute atomic E-state index is 0.179. The lowest BCUT2D eigenvalue weighted by molar-refractivity contribution is -0.137. The van der Waals surface area contributed by atoms with Crippen molar-refractivity contribution in [1.82, 2.24) is 9.88 Å². The zero-order chi connectivity index (χ0) is 23.5. The summed E-state index contributed by atoms with van der Waals surface area (Å²) in [5.74, 6) is 0.00110. The van der Waals surface area contributed by atoms with E-state index in [9.17, 15) is 9.59 Å². The quantitative estimate of drug-likeness (QED) is 0.542. The topological polar surface area (TPSA) is 74.8 Å². The average Bonchev–Trinajstić information content (AvgIpc) is 3.49. The normalized spacial score (nSPS) is 15.9. The van der Waals surface area contributed by atoms with Gasteiger partial charge in [-0.25, -0.2) is 0 Å². The number of aromatic nitrogens is 1. The van der Waals surface area contributed by atoms with Crippen molar-refractivity contribution in [1.29, 1.82) is 0 Å². The van der Waals surface area contributed by atoms with E-state index in [1.807, 2.05) is 12.1 Å². The highest BCUT2D eigenvalue weighted by Crippen LogP contribution is 2.33. The van der Waals surface area contributed by atoms with Crippen molar-refractivity contribution in [2.24, 2.45) is 0 Å². The molecule has 3 aromatic rings. The summed E-state index contributed by atoms with van der Waals surface area (Å²) in [5.41, 5.74) is 4.05. The summed E-state index contributed by atoms with van der Waals surface area (Å²) in [6.45, 7) is 2.31. The smallest absolute Gasteiger partial charge is 0.278 e. The maximum absolute atomic E-state index is 13.5. The predicted molar refractivity (Wildman–Crippen MR) is 131 cm³/mol. The second kappa shape index (κ2) is 9.39. The lowest BCUT2D eigenvalue weighted by atomic mass is 10.0. The number of imide groups is 1. The Bertz CT molecular complexity index is 1210. The summed E-state index contributed by atoms with van der Waals surface area (Å²) in [7, 11) is 1.59. The van der Waals surface area contributed by atoms with Crippen LogP contribution in [0.1, 0.15) is 24.0 Å². The van der Waals surface area contributed by atoms with Crippen LogP contribution in [0.4, 0.5) is 11.4 Å². The molecule has 1 saturated heterocycles. The molecule has 34 heavy (non-hydrogen) atoms. The monoisotopic (exact) mass is 454 g/mol. The van der Waals surface area contributed by atoms with E-state index in [0.29, 0.717) is 16.9 Å². The summed E-state index contributed by atoms with van der Waals surface area (Å²) in [5, 5.41) is 3.24. The number of benzene rings is 2. The SMILES string of the molecule is COc1ccc(C2=C(Nc3ccc(N4CCCC4)cc3)C(=O)N(Cc3ccncc3)C2=O)cc1. The molecule has 0 unspecified atom stereocenters. The number of pyridine rings is 1. The van der Waals surface area contributed by atoms with Crippen molar-refractivity contribution in [2.45, 2.75) is 19.4 Å². The molecule has 2 aliphatic rings. The largest absolute Gasteiger partial charge is 0.497 e. The Morgan fingerprint density at radius 2 is 1.56 bits per heavy atom. The third-order valence-corrected chi connectivity index (χ3v) is 6.24. The maximum atomic E-state index is 13.5. The number of anilines is 2. The third-order valence-electron chi connectivity index (χ3n) is 6.24. The molecule has 0 radical (unpaired) electrons. The van der Waals surface area contributed by atoms with Crippen molar-refractivity contribution in [3.63, 3.8) is 0 Å². The molecule has 1 aromatic heterocycles. The van der Waals surface area contributed by atoms with Gasteiger partial charge in [0.15, 0.2) is 0 Å². The molecule has 1 fully saturated rings. The number of nitrogens with zero attached hydrogens (tertiary/aromatic N) is 3. The molecular weight excluding hydrogens is 428 g/mol. The predicted octanol–water partition coefficient (Wildman–Crippen LogP) is 4.08. The van der Waals surface area contributed by atoms with Gasteiger partial charge in [-0.05, 0) is 72.5 Å². The van der Waals surface area contributed by atoms with Gasteiger partial charge >= 0.3 is 0 Å². The Hall–Kier alpha value is -4.13. The zero-order valence-corrected chi connectivity index (χ0v) is 19.0. The van der Waals surface area contributed by atoms with E-state index in [-0.39, 0.29) is 24.1 Å². The van der Waals surface area contributed by atoms with Crippen molar-refractivity contribution in [3.8, 4) is 5.75 Å². The Kier molecular flexibility index (Phi) is 5.99. The van der Waals surface area contributed by atoms with Crippen LogP contribution in [0, 0.1) is 0 Å². The molecule has 2 aromatic carbocycles. The second-order valence-corrected chi connectivity index (χ2v) is 8.40. The number of hydrogen-bond acceptors (Lipinski definition) is 6. The molecule has 2 aliphatic heterocycles. The van der Waals surface area contributed by atoms with Gasteiger partial charge in [-0.2, -0.15) is 0 Å². The fourth-order valence-electron chi connectivity index (χ4n) is 4.41. The number of rotatable bonds is 7. The Labute approximate surface area is 198 Å². The van der Waals surface area contributed by atoms with E-state index in [1.54, 1.807) is 55.9 Å². The maximum Gasteiger partial charge on any atom is 0.278 e. The zero-order valence-electron chi connectivity index (χ0n) is 19.0. The molecule has 7 nitrogen and oxygen atoms in total. The van der Waals surface area contributed by atoms with Crippen molar-refractivity contribution >= 4 is 28.8 Å². The first-order chi connectivity index (χ1) is 16.6. The summed E-state index contributed by atoms with van der Waals surface area (Å²) < 4.78 is 5.25. The molecule has 172 valence electrons. The summed E-state index contributed by atoms with van der Waals surface area (Å²) in [6, 6.07) is 18.8. The number of nitrogens with one attached hydrogen (secondary N) is 1. The van der Waals surface area contributed by atoms with Gasteiger partial charge in [0.25, 0.3) is 11.8 Å². The van der Waals surface area contributed by atoms with Crippen LogP contribution in [0.2, 0.25) is 0 Å². The number of amides is 2. The lowest BCUT2D eigenvalue weighted by Gasteiger charge is -2.18. The molecule has 0 bridgehead atoms. The molecule has 0 spiro atoms. The minimum Gasteiger partial charge on any atom is -0.497 e. The van der Waals surface area contributed by atoms with E-state index in [2.05, 4.69) is 27.3 Å². The molecule has 5 rings (SSSR count). The molecule has 3 heterocycles. The number of ether oxygens (including phenoxy) is 1. The molecule has 0 aliphatic carbocycles. The highest BCUT2D eigenvalue weighted by molar-refractivity contribution is 6.36. The van der Waals surface area contributed by atoms with E-state index < -0.39 is 0 Å². The van der Waals surface area contributed by atoms with Gasteiger partial charge < -0.3 is 15.0 Å². The fourth-order valence-corrected chi connectivity index (χ4v) is 4.41. The second-order valence-electron chi connectivity index (χ2n) is 8.40. The van der Waals surface area contributed by atoms with E-state index >= 15 is 0 Å². The van der Waals surface area contributed by atoms with Gasteiger partial charge in [0, 0.05) is 36.9 Å². The molecule has 1 N–H and O–H groups in total. The number of methoxy groups -OCH3 is 1. The van der Waals surface area contributed by atoms with Crippen LogP contribution in [-0.4, -0.2) is 41.9 Å². The molecule has 0 saturated carbocycles. The third kappa shape index (κ3) is 4.24. The van der Waals surface area contributed by atoms with Crippen LogP contribution in [-0.2, 0) is 16.1 Å². The van der Waals surface area contributed by atoms with Gasteiger partial charge in [0.1, 0.15) is 11.4 Å². The Morgan fingerprint density at radius 3 is 2.21 bits per heavy atom. The highest BCUT2D eigenvalue weighted by Gasteiger charge is 2.39. The van der Waals surface area contributed by atoms with Gasteiger partial charge in [-0.3, -0.25) is 19.5 Å². The Morgan fingerprint density at radius 1 is 0.882 bits per heavy atom. The van der Waals surface area contributed by atoms with Crippen molar-refractivity contribution in [2.75, 3.05) is 30.4 Å². The molecule has 0 atom stereocenters. The van der Waals surface area contributed by atoms with Gasteiger partial charge in [0.05, 0.1) is 19.2 Å². The first-order valence-corrected chi connectivity index (χ1v) is 11.4. The summed E-state index contributed by atoms with van der Waals surface area (Å²) in [4.78, 5) is 34.5. The minimum atomic E-state index is -0.351. The fraction of sp³-hybridized carbons (Fsp3) is 0.222. The van der Waals surface area contributed by atoms with Gasteiger partial charge in [0.2, 0.25) is 0 Å². The van der Waals surface area contributed by atoms with Crippen LogP contribution >= 0.6 is 0 Å². The van der Waals surface area contributed by atoms with Crippen LogP contribution < -0.4 is 15.0 Å². The van der Waals surface area contributed by atoms with E-state index in [1.165, 1.54) is 23.4 Å².